The average molecular weight is 492 g/mol. The van der Waals surface area contributed by atoms with E-state index in [1.165, 1.54) is 17.2 Å². The third-order valence-corrected chi connectivity index (χ3v) is 7.25. The van der Waals surface area contributed by atoms with E-state index < -0.39 is 11.7 Å². The van der Waals surface area contributed by atoms with Crippen LogP contribution in [0.15, 0.2) is 53.8 Å². The van der Waals surface area contributed by atoms with Gasteiger partial charge in [-0.15, -0.1) is 0 Å². The fraction of sp³-hybridized carbons (Fsp3) is 0.400. The van der Waals surface area contributed by atoms with E-state index in [2.05, 4.69) is 32.9 Å². The molecule has 4 rings (SSSR count). The number of ether oxygens (including phenoxy) is 1. The van der Waals surface area contributed by atoms with Gasteiger partial charge in [0, 0.05) is 29.3 Å². The Morgan fingerprint density at radius 2 is 1.81 bits per heavy atom. The van der Waals surface area contributed by atoms with E-state index >= 15 is 0 Å². The fourth-order valence-electron chi connectivity index (χ4n) is 4.86. The Bertz CT molecular complexity index is 1350. The number of aliphatic hydroxyl groups is 1. The highest BCUT2D eigenvalue weighted by Crippen LogP contribution is 2.48. The molecule has 192 valence electrons. The summed E-state index contributed by atoms with van der Waals surface area (Å²) in [4.78, 5) is 0. The molecule has 0 spiro atoms. The third-order valence-electron chi connectivity index (χ3n) is 7.25. The molecular formula is C30H37NO5. The van der Waals surface area contributed by atoms with Crippen molar-refractivity contribution < 1.29 is 25.2 Å². The Hall–Kier alpha value is -3.38. The first-order chi connectivity index (χ1) is 17.0. The minimum atomic E-state index is -0.836. The molecule has 0 saturated heterocycles. The molecule has 0 amide bonds. The molecule has 2 unspecified atom stereocenters. The molecule has 0 fully saturated rings. The monoisotopic (exact) mass is 491 g/mol. The van der Waals surface area contributed by atoms with Crippen molar-refractivity contribution in [3.63, 3.8) is 0 Å². The lowest BCUT2D eigenvalue weighted by Crippen LogP contribution is -2.48. The SMILES string of the molecule is CC(C)=CCCC(C)=CCCC1(C)Oc2c(c(O)cc3c(O)n(-c4ccc(O)c(C)c4)cc23)CC1O. The molecule has 3 aromatic rings. The summed E-state index contributed by atoms with van der Waals surface area (Å²) in [6.07, 6.45) is 9.13. The maximum atomic E-state index is 11.0. The highest BCUT2D eigenvalue weighted by Gasteiger charge is 2.41. The van der Waals surface area contributed by atoms with Gasteiger partial charge in [0.2, 0.25) is 5.88 Å². The zero-order chi connectivity index (χ0) is 26.2. The predicted molar refractivity (Wildman–Crippen MR) is 143 cm³/mol. The van der Waals surface area contributed by atoms with Crippen molar-refractivity contribution in [2.45, 2.75) is 78.4 Å². The minimum Gasteiger partial charge on any atom is -0.508 e. The topological polar surface area (TPSA) is 95.1 Å². The maximum absolute atomic E-state index is 11.0. The van der Waals surface area contributed by atoms with Crippen molar-refractivity contribution in [2.75, 3.05) is 0 Å². The number of aromatic nitrogens is 1. The molecule has 0 saturated carbocycles. The number of aliphatic hydroxyl groups excluding tert-OH is 1. The third kappa shape index (κ3) is 4.96. The minimum absolute atomic E-state index is 0.0106. The van der Waals surface area contributed by atoms with Gasteiger partial charge in [0.05, 0.1) is 11.5 Å². The fourth-order valence-corrected chi connectivity index (χ4v) is 4.86. The molecule has 1 aliphatic rings. The van der Waals surface area contributed by atoms with Gasteiger partial charge in [-0.05, 0) is 90.1 Å². The van der Waals surface area contributed by atoms with Crippen molar-refractivity contribution in [1.29, 1.82) is 0 Å². The summed E-state index contributed by atoms with van der Waals surface area (Å²) in [5, 5.41) is 43.7. The normalized spacial score (nSPS) is 19.7. The largest absolute Gasteiger partial charge is 0.508 e. The molecule has 4 N–H and O–H groups in total. The van der Waals surface area contributed by atoms with E-state index in [0.29, 0.717) is 39.8 Å². The lowest BCUT2D eigenvalue weighted by atomic mass is 9.84. The number of nitrogens with zero attached hydrogens (tertiary/aromatic N) is 1. The maximum Gasteiger partial charge on any atom is 0.204 e. The Labute approximate surface area is 212 Å². The Kier molecular flexibility index (Phi) is 7.10. The first kappa shape index (κ1) is 25.7. The summed E-state index contributed by atoms with van der Waals surface area (Å²) in [6.45, 7) is 10.0. The molecule has 0 radical (unpaired) electrons. The molecule has 2 heterocycles. The Morgan fingerprint density at radius 1 is 1.06 bits per heavy atom. The molecule has 36 heavy (non-hydrogen) atoms. The molecule has 1 aromatic heterocycles. The lowest BCUT2D eigenvalue weighted by Gasteiger charge is -2.40. The second-order valence-electron chi connectivity index (χ2n) is 10.5. The number of allylic oxidation sites excluding steroid dienone is 4. The van der Waals surface area contributed by atoms with Crippen LogP contribution in [0.1, 0.15) is 64.5 Å². The summed E-state index contributed by atoms with van der Waals surface area (Å²) in [5.74, 6) is 0.633. The summed E-state index contributed by atoms with van der Waals surface area (Å²) in [6, 6.07) is 6.60. The number of aromatic hydroxyl groups is 3. The zero-order valence-corrected chi connectivity index (χ0v) is 21.8. The van der Waals surface area contributed by atoms with Gasteiger partial charge in [-0.3, -0.25) is 4.57 Å². The molecular weight excluding hydrogens is 454 g/mol. The van der Waals surface area contributed by atoms with Gasteiger partial charge >= 0.3 is 0 Å². The number of hydrogen-bond acceptors (Lipinski definition) is 5. The Balaban J connectivity index is 1.64. The van der Waals surface area contributed by atoms with Crippen molar-refractivity contribution in [3.8, 4) is 28.8 Å². The van der Waals surface area contributed by atoms with Gasteiger partial charge in [0.1, 0.15) is 22.8 Å². The van der Waals surface area contributed by atoms with Crippen LogP contribution in [0.4, 0.5) is 0 Å². The van der Waals surface area contributed by atoms with Crippen molar-refractivity contribution in [3.05, 3.63) is 64.9 Å². The number of aryl methyl sites for hydroxylation is 1. The van der Waals surface area contributed by atoms with Crippen molar-refractivity contribution >= 4 is 10.8 Å². The second-order valence-corrected chi connectivity index (χ2v) is 10.5. The van der Waals surface area contributed by atoms with Crippen molar-refractivity contribution in [1.82, 2.24) is 4.57 Å². The number of fused-ring (bicyclic) bond motifs is 3. The van der Waals surface area contributed by atoms with Gasteiger partial charge in [0.15, 0.2) is 0 Å². The number of hydrogen-bond donors (Lipinski definition) is 4. The van der Waals surface area contributed by atoms with Gasteiger partial charge in [-0.2, -0.15) is 0 Å². The van der Waals surface area contributed by atoms with Crippen LogP contribution in [0, 0.1) is 6.92 Å². The first-order valence-electron chi connectivity index (χ1n) is 12.5. The smallest absolute Gasteiger partial charge is 0.204 e. The summed E-state index contributed by atoms with van der Waals surface area (Å²) < 4.78 is 8.07. The van der Waals surface area contributed by atoms with Crippen LogP contribution in [-0.2, 0) is 6.42 Å². The summed E-state index contributed by atoms with van der Waals surface area (Å²) in [5.41, 5.74) is 3.71. The van der Waals surface area contributed by atoms with Crippen LogP contribution < -0.4 is 4.74 Å². The van der Waals surface area contributed by atoms with Gasteiger partial charge in [-0.25, -0.2) is 0 Å². The van der Waals surface area contributed by atoms with Crippen LogP contribution in [0.3, 0.4) is 0 Å². The van der Waals surface area contributed by atoms with E-state index in [-0.39, 0.29) is 23.8 Å². The molecule has 6 heteroatoms. The van der Waals surface area contributed by atoms with Crippen LogP contribution in [0.25, 0.3) is 16.5 Å². The highest BCUT2D eigenvalue weighted by atomic mass is 16.5. The number of phenols is 2. The molecule has 6 nitrogen and oxygen atoms in total. The summed E-state index contributed by atoms with van der Waals surface area (Å²) in [7, 11) is 0. The molecule has 0 bridgehead atoms. The van der Waals surface area contributed by atoms with Crippen LogP contribution >= 0.6 is 0 Å². The molecule has 2 aromatic carbocycles. The van der Waals surface area contributed by atoms with Crippen LogP contribution in [-0.4, -0.2) is 36.7 Å². The molecule has 0 aliphatic carbocycles. The number of benzene rings is 2. The van der Waals surface area contributed by atoms with E-state index in [1.807, 2.05) is 6.92 Å². The molecule has 2 atom stereocenters. The van der Waals surface area contributed by atoms with E-state index in [4.69, 9.17) is 4.74 Å². The Morgan fingerprint density at radius 3 is 2.50 bits per heavy atom. The van der Waals surface area contributed by atoms with Gasteiger partial charge in [0.25, 0.3) is 0 Å². The second kappa shape index (κ2) is 9.94. The number of rotatable bonds is 7. The van der Waals surface area contributed by atoms with E-state index in [1.54, 1.807) is 35.9 Å². The highest BCUT2D eigenvalue weighted by molar-refractivity contribution is 5.96. The summed E-state index contributed by atoms with van der Waals surface area (Å²) >= 11 is 0. The van der Waals surface area contributed by atoms with E-state index in [0.717, 1.165) is 19.3 Å². The lowest BCUT2D eigenvalue weighted by molar-refractivity contribution is -0.0581. The average Bonchev–Trinajstić information content (AvgIpc) is 3.13. The molecule has 1 aliphatic heterocycles. The van der Waals surface area contributed by atoms with Gasteiger partial charge < -0.3 is 25.2 Å². The van der Waals surface area contributed by atoms with Gasteiger partial charge in [-0.1, -0.05) is 23.3 Å². The quantitative estimate of drug-likeness (QED) is 0.280. The van der Waals surface area contributed by atoms with Crippen LogP contribution in [0.5, 0.6) is 23.1 Å². The van der Waals surface area contributed by atoms with E-state index in [9.17, 15) is 20.4 Å². The zero-order valence-electron chi connectivity index (χ0n) is 21.8. The standard InChI is InChI=1S/C30H37NO5/c1-18(2)8-6-9-19(3)10-7-13-30(5)27(34)16-23-26(33)15-22-24(28(23)36-30)17-31(29(22)35)21-11-12-25(32)20(4)14-21/h8,10-12,14-15,17,27,32-35H,6-7,9,13,16H2,1-5H3. The number of phenolic OH excluding ortho intramolecular Hbond substituents is 2. The predicted octanol–water partition coefficient (Wildman–Crippen LogP) is 6.58. The first-order valence-corrected chi connectivity index (χ1v) is 12.5. The van der Waals surface area contributed by atoms with Crippen molar-refractivity contribution in [2.24, 2.45) is 0 Å². The van der Waals surface area contributed by atoms with Crippen LogP contribution in [0.2, 0.25) is 0 Å².